The van der Waals surface area contributed by atoms with Crippen LogP contribution in [0.3, 0.4) is 0 Å². The molecule has 0 aromatic heterocycles. The zero-order valence-corrected chi connectivity index (χ0v) is 10.2. The number of hydrogen-bond donors (Lipinski definition) is 0. The van der Waals surface area contributed by atoms with Crippen molar-refractivity contribution in [3.05, 3.63) is 33.9 Å². The normalized spacial score (nSPS) is 15.8. The molecule has 18 heavy (non-hydrogen) atoms. The van der Waals surface area contributed by atoms with Gasteiger partial charge < -0.3 is 4.74 Å². The average Bonchev–Trinajstić information content (AvgIpc) is 3.08. The first kappa shape index (κ1) is 12.4. The fourth-order valence-corrected chi connectivity index (χ4v) is 1.91. The summed E-state index contributed by atoms with van der Waals surface area (Å²) in [5.41, 5.74) is 0.657. The van der Waals surface area contributed by atoms with Gasteiger partial charge in [0.1, 0.15) is 0 Å². The lowest BCUT2D eigenvalue weighted by atomic mass is 10.1. The third kappa shape index (κ3) is 2.43. The van der Waals surface area contributed by atoms with E-state index in [4.69, 9.17) is 10.00 Å². The zero-order chi connectivity index (χ0) is 13.2. The molecule has 0 amide bonds. The minimum absolute atomic E-state index is 0.0113. The van der Waals surface area contributed by atoms with Crippen LogP contribution in [-0.2, 0) is 0 Å². The van der Waals surface area contributed by atoms with Crippen molar-refractivity contribution in [3.8, 4) is 11.8 Å². The van der Waals surface area contributed by atoms with E-state index in [0.29, 0.717) is 18.8 Å². The maximum absolute atomic E-state index is 10.9. The topological polar surface area (TPSA) is 76.2 Å². The minimum Gasteiger partial charge on any atom is -0.486 e. The van der Waals surface area contributed by atoms with Crippen LogP contribution in [0.2, 0.25) is 0 Å². The monoisotopic (exact) mass is 246 g/mol. The van der Waals surface area contributed by atoms with Gasteiger partial charge in [0.2, 0.25) is 0 Å². The van der Waals surface area contributed by atoms with Gasteiger partial charge >= 0.3 is 5.69 Å². The van der Waals surface area contributed by atoms with Gasteiger partial charge in [0.05, 0.1) is 17.6 Å². The summed E-state index contributed by atoms with van der Waals surface area (Å²) in [7, 11) is 0. The molecule has 0 spiro atoms. The van der Waals surface area contributed by atoms with Crippen molar-refractivity contribution in [2.45, 2.75) is 26.2 Å². The van der Waals surface area contributed by atoms with Crippen molar-refractivity contribution >= 4 is 5.69 Å². The second kappa shape index (κ2) is 4.65. The number of para-hydroxylation sites is 1. The van der Waals surface area contributed by atoms with Gasteiger partial charge in [-0.2, -0.15) is 5.26 Å². The summed E-state index contributed by atoms with van der Waals surface area (Å²) in [4.78, 5) is 10.5. The van der Waals surface area contributed by atoms with E-state index in [1.165, 1.54) is 6.07 Å². The van der Waals surface area contributed by atoms with Crippen LogP contribution in [0.15, 0.2) is 18.2 Å². The molecule has 1 fully saturated rings. The second-order valence-electron chi connectivity index (χ2n) is 4.80. The fraction of sp³-hybridized carbons (Fsp3) is 0.462. The number of benzene rings is 1. The van der Waals surface area contributed by atoms with Gasteiger partial charge in [-0.15, -0.1) is 0 Å². The summed E-state index contributed by atoms with van der Waals surface area (Å²) in [5.74, 6) is 0.326. The molecular formula is C13H14N2O3. The molecular weight excluding hydrogens is 232 g/mol. The van der Waals surface area contributed by atoms with E-state index in [-0.39, 0.29) is 11.1 Å². The number of nitrogens with zero attached hydrogens (tertiary/aromatic N) is 2. The van der Waals surface area contributed by atoms with Crippen LogP contribution < -0.4 is 4.74 Å². The number of rotatable bonds is 5. The van der Waals surface area contributed by atoms with Crippen LogP contribution in [0.5, 0.6) is 5.75 Å². The molecule has 0 radical (unpaired) electrons. The largest absolute Gasteiger partial charge is 0.486 e. The first-order valence-corrected chi connectivity index (χ1v) is 5.82. The molecule has 1 saturated carbocycles. The molecule has 0 saturated heterocycles. The molecule has 0 bridgehead atoms. The molecule has 0 heterocycles. The maximum atomic E-state index is 10.9. The number of nitro groups is 1. The maximum Gasteiger partial charge on any atom is 0.311 e. The molecule has 1 aliphatic carbocycles. The summed E-state index contributed by atoms with van der Waals surface area (Å²) in [6, 6.07) is 7.01. The Bertz CT molecular complexity index is 515. The lowest BCUT2D eigenvalue weighted by molar-refractivity contribution is -0.386. The first-order valence-electron chi connectivity index (χ1n) is 5.82. The van der Waals surface area contributed by atoms with Crippen molar-refractivity contribution in [2.75, 3.05) is 6.61 Å². The highest BCUT2D eigenvalue weighted by Crippen LogP contribution is 2.49. The van der Waals surface area contributed by atoms with E-state index in [1.807, 2.05) is 0 Å². The Morgan fingerprint density at radius 1 is 1.56 bits per heavy atom. The Labute approximate surface area is 105 Å². The lowest BCUT2D eigenvalue weighted by Crippen LogP contribution is -2.13. The number of hydrogen-bond acceptors (Lipinski definition) is 4. The SMILES string of the molecule is Cc1cccc([N+](=O)[O-])c1OCC1(CC#N)CC1. The summed E-state index contributed by atoms with van der Waals surface area (Å²) >= 11 is 0. The third-order valence-corrected chi connectivity index (χ3v) is 3.32. The van der Waals surface area contributed by atoms with Crippen molar-refractivity contribution in [2.24, 2.45) is 5.41 Å². The zero-order valence-electron chi connectivity index (χ0n) is 10.2. The quantitative estimate of drug-likeness (QED) is 0.591. The Hall–Kier alpha value is -2.09. The van der Waals surface area contributed by atoms with Crippen LogP contribution in [0.25, 0.3) is 0 Å². The van der Waals surface area contributed by atoms with E-state index in [2.05, 4.69) is 6.07 Å². The standard InChI is InChI=1S/C13H14N2O3/c1-10-3-2-4-11(15(16)17)12(10)18-9-13(5-6-13)7-8-14/h2-4H,5-7,9H2,1H3. The second-order valence-corrected chi connectivity index (χ2v) is 4.80. The van der Waals surface area contributed by atoms with Crippen LogP contribution in [-0.4, -0.2) is 11.5 Å². The molecule has 1 aromatic rings. The van der Waals surface area contributed by atoms with Gasteiger partial charge in [-0.05, 0) is 25.3 Å². The molecule has 1 aromatic carbocycles. The van der Waals surface area contributed by atoms with Gasteiger partial charge in [0.25, 0.3) is 0 Å². The lowest BCUT2D eigenvalue weighted by Gasteiger charge is -2.14. The number of nitro benzene ring substituents is 1. The molecule has 0 unspecified atom stereocenters. The Kier molecular flexibility index (Phi) is 3.19. The van der Waals surface area contributed by atoms with Gasteiger partial charge in [-0.25, -0.2) is 0 Å². The van der Waals surface area contributed by atoms with Gasteiger partial charge in [0.15, 0.2) is 5.75 Å². The van der Waals surface area contributed by atoms with Crippen molar-refractivity contribution in [1.82, 2.24) is 0 Å². The van der Waals surface area contributed by atoms with Crippen LogP contribution in [0.1, 0.15) is 24.8 Å². The van der Waals surface area contributed by atoms with Crippen LogP contribution in [0, 0.1) is 33.8 Å². The molecule has 1 aliphatic rings. The highest BCUT2D eigenvalue weighted by atomic mass is 16.6. The highest BCUT2D eigenvalue weighted by Gasteiger charge is 2.43. The molecule has 94 valence electrons. The molecule has 0 aliphatic heterocycles. The number of nitriles is 1. The predicted octanol–water partition coefficient (Wildman–Crippen LogP) is 2.98. The molecule has 5 nitrogen and oxygen atoms in total. The van der Waals surface area contributed by atoms with Crippen molar-refractivity contribution < 1.29 is 9.66 Å². The van der Waals surface area contributed by atoms with E-state index in [9.17, 15) is 10.1 Å². The molecule has 5 heteroatoms. The summed E-state index contributed by atoms with van der Waals surface area (Å²) < 4.78 is 5.62. The van der Waals surface area contributed by atoms with E-state index in [0.717, 1.165) is 18.4 Å². The minimum atomic E-state index is -0.438. The first-order chi connectivity index (χ1) is 8.58. The summed E-state index contributed by atoms with van der Waals surface area (Å²) in [6.07, 6.45) is 2.37. The Morgan fingerprint density at radius 3 is 2.83 bits per heavy atom. The molecule has 0 N–H and O–H groups in total. The smallest absolute Gasteiger partial charge is 0.311 e. The van der Waals surface area contributed by atoms with Gasteiger partial charge in [-0.1, -0.05) is 12.1 Å². The Balaban J connectivity index is 2.14. The van der Waals surface area contributed by atoms with Crippen molar-refractivity contribution in [3.63, 3.8) is 0 Å². The Morgan fingerprint density at radius 2 is 2.28 bits per heavy atom. The van der Waals surface area contributed by atoms with E-state index >= 15 is 0 Å². The third-order valence-electron chi connectivity index (χ3n) is 3.32. The molecule has 0 atom stereocenters. The van der Waals surface area contributed by atoms with E-state index in [1.54, 1.807) is 19.1 Å². The number of ether oxygens (including phenoxy) is 1. The van der Waals surface area contributed by atoms with Crippen LogP contribution >= 0.6 is 0 Å². The highest BCUT2D eigenvalue weighted by molar-refractivity contribution is 5.51. The van der Waals surface area contributed by atoms with Crippen LogP contribution in [0.4, 0.5) is 5.69 Å². The van der Waals surface area contributed by atoms with Gasteiger partial charge in [-0.3, -0.25) is 10.1 Å². The summed E-state index contributed by atoms with van der Waals surface area (Å²) in [5, 5.41) is 19.6. The van der Waals surface area contributed by atoms with Gasteiger partial charge in [0, 0.05) is 17.9 Å². The average molecular weight is 246 g/mol. The number of aryl methyl sites for hydroxylation is 1. The summed E-state index contributed by atoms with van der Waals surface area (Å²) in [6.45, 7) is 2.17. The van der Waals surface area contributed by atoms with Crippen molar-refractivity contribution in [1.29, 1.82) is 5.26 Å². The molecule has 2 rings (SSSR count). The fourth-order valence-electron chi connectivity index (χ4n) is 1.91. The van der Waals surface area contributed by atoms with E-state index < -0.39 is 4.92 Å². The predicted molar refractivity (Wildman–Crippen MR) is 65.2 cm³/mol.